The summed E-state index contributed by atoms with van der Waals surface area (Å²) in [6.45, 7) is 3.91. The van der Waals surface area contributed by atoms with Gasteiger partial charge in [-0.2, -0.15) is 0 Å². The van der Waals surface area contributed by atoms with Crippen LogP contribution >= 0.6 is 0 Å². The number of carbonyl (C=O) groups excluding carboxylic acids is 2. The van der Waals surface area contributed by atoms with Gasteiger partial charge in [-0.25, -0.2) is 8.78 Å². The average molecular weight is 346 g/mol. The zero-order valence-corrected chi connectivity index (χ0v) is 14.1. The maximum absolute atomic E-state index is 13.6. The Balaban J connectivity index is 2.03. The van der Waals surface area contributed by atoms with Crippen LogP contribution in [-0.2, 0) is 4.79 Å². The van der Waals surface area contributed by atoms with E-state index in [0.29, 0.717) is 17.3 Å². The number of nitrogens with one attached hydrogen (secondary N) is 2. The SMILES string of the molecule is CCC(CC)C(=O)Nc1ccc(C(=O)Nc2ccc(F)cc2F)cc1. The highest BCUT2D eigenvalue weighted by Gasteiger charge is 2.15. The lowest BCUT2D eigenvalue weighted by atomic mass is 10.0. The Hall–Kier alpha value is -2.76. The third-order valence-electron chi connectivity index (χ3n) is 3.95. The Morgan fingerprint density at radius 2 is 1.60 bits per heavy atom. The topological polar surface area (TPSA) is 58.2 Å². The smallest absolute Gasteiger partial charge is 0.255 e. The Morgan fingerprint density at radius 1 is 0.960 bits per heavy atom. The molecule has 2 N–H and O–H groups in total. The predicted molar refractivity (Wildman–Crippen MR) is 93.5 cm³/mol. The number of hydrogen-bond acceptors (Lipinski definition) is 2. The molecule has 2 aromatic carbocycles. The van der Waals surface area contributed by atoms with Crippen molar-refractivity contribution in [2.75, 3.05) is 10.6 Å². The lowest BCUT2D eigenvalue weighted by Crippen LogP contribution is -2.21. The minimum atomic E-state index is -0.845. The van der Waals surface area contributed by atoms with Crippen molar-refractivity contribution in [1.29, 1.82) is 0 Å². The average Bonchev–Trinajstić information content (AvgIpc) is 2.59. The van der Waals surface area contributed by atoms with E-state index < -0.39 is 17.5 Å². The van der Waals surface area contributed by atoms with E-state index in [1.54, 1.807) is 12.1 Å². The Morgan fingerprint density at radius 3 is 2.16 bits per heavy atom. The molecular formula is C19H20F2N2O2. The number of hydrogen-bond donors (Lipinski definition) is 2. The van der Waals surface area contributed by atoms with Crippen molar-refractivity contribution in [3.05, 3.63) is 59.7 Å². The zero-order chi connectivity index (χ0) is 18.4. The van der Waals surface area contributed by atoms with Crippen molar-refractivity contribution in [1.82, 2.24) is 0 Å². The van der Waals surface area contributed by atoms with Gasteiger partial charge in [0.2, 0.25) is 5.91 Å². The molecule has 0 bridgehead atoms. The van der Waals surface area contributed by atoms with Crippen LogP contribution in [0.4, 0.5) is 20.2 Å². The molecular weight excluding hydrogens is 326 g/mol. The van der Waals surface area contributed by atoms with Crippen LogP contribution in [0.1, 0.15) is 37.0 Å². The van der Waals surface area contributed by atoms with E-state index in [2.05, 4.69) is 10.6 Å². The summed E-state index contributed by atoms with van der Waals surface area (Å²) in [5, 5.41) is 5.19. The molecule has 0 aromatic heterocycles. The van der Waals surface area contributed by atoms with Crippen molar-refractivity contribution in [3.8, 4) is 0 Å². The van der Waals surface area contributed by atoms with Gasteiger partial charge in [0.25, 0.3) is 5.91 Å². The molecule has 6 heteroatoms. The third kappa shape index (κ3) is 4.86. The second kappa shape index (κ2) is 8.37. The van der Waals surface area contributed by atoms with Gasteiger partial charge in [-0.1, -0.05) is 13.8 Å². The molecule has 0 atom stereocenters. The molecule has 2 amide bonds. The molecule has 25 heavy (non-hydrogen) atoms. The largest absolute Gasteiger partial charge is 0.326 e. The zero-order valence-electron chi connectivity index (χ0n) is 14.1. The summed E-state index contributed by atoms with van der Waals surface area (Å²) in [4.78, 5) is 24.2. The molecule has 0 heterocycles. The highest BCUT2D eigenvalue weighted by atomic mass is 19.1. The van der Waals surface area contributed by atoms with Gasteiger partial charge in [-0.3, -0.25) is 9.59 Å². The molecule has 4 nitrogen and oxygen atoms in total. The van der Waals surface area contributed by atoms with E-state index in [1.807, 2.05) is 13.8 Å². The van der Waals surface area contributed by atoms with Crippen LogP contribution in [0, 0.1) is 17.6 Å². The first-order valence-electron chi connectivity index (χ1n) is 8.11. The molecule has 0 aliphatic rings. The maximum atomic E-state index is 13.6. The summed E-state index contributed by atoms with van der Waals surface area (Å²) in [5.41, 5.74) is 0.781. The first kappa shape index (κ1) is 18.6. The molecule has 0 aliphatic heterocycles. The summed E-state index contributed by atoms with van der Waals surface area (Å²) >= 11 is 0. The second-order valence-corrected chi connectivity index (χ2v) is 5.66. The van der Waals surface area contributed by atoms with Crippen LogP contribution in [0.25, 0.3) is 0 Å². The summed E-state index contributed by atoms with van der Waals surface area (Å²) in [5.74, 6) is -2.20. The van der Waals surface area contributed by atoms with E-state index in [4.69, 9.17) is 0 Å². The van der Waals surface area contributed by atoms with E-state index in [0.717, 1.165) is 25.0 Å². The number of amides is 2. The molecule has 0 saturated carbocycles. The van der Waals surface area contributed by atoms with Gasteiger partial charge in [0, 0.05) is 23.2 Å². The molecule has 0 aliphatic carbocycles. The van der Waals surface area contributed by atoms with E-state index >= 15 is 0 Å². The minimum Gasteiger partial charge on any atom is -0.326 e. The Bertz CT molecular complexity index is 757. The normalized spacial score (nSPS) is 10.6. The van der Waals surface area contributed by atoms with Crippen LogP contribution < -0.4 is 10.6 Å². The van der Waals surface area contributed by atoms with E-state index in [-0.39, 0.29) is 17.5 Å². The fourth-order valence-electron chi connectivity index (χ4n) is 2.39. The van der Waals surface area contributed by atoms with Gasteiger partial charge in [-0.05, 0) is 49.2 Å². The van der Waals surface area contributed by atoms with Crippen molar-refractivity contribution >= 4 is 23.2 Å². The molecule has 0 spiro atoms. The Labute approximate surface area is 145 Å². The standard InChI is InChI=1S/C19H20F2N2O2/c1-3-12(4-2)18(24)22-15-8-5-13(6-9-15)19(25)23-17-10-7-14(20)11-16(17)21/h5-12H,3-4H2,1-2H3,(H,22,24)(H,23,25). The van der Waals surface area contributed by atoms with Gasteiger partial charge in [0.1, 0.15) is 11.6 Å². The summed E-state index contributed by atoms with van der Waals surface area (Å²) in [6.07, 6.45) is 1.51. The quantitative estimate of drug-likeness (QED) is 0.803. The van der Waals surface area contributed by atoms with Gasteiger partial charge in [0.05, 0.1) is 5.69 Å². The molecule has 132 valence electrons. The van der Waals surface area contributed by atoms with Gasteiger partial charge in [0.15, 0.2) is 0 Å². The lowest BCUT2D eigenvalue weighted by Gasteiger charge is -2.13. The van der Waals surface area contributed by atoms with Crippen LogP contribution in [0.15, 0.2) is 42.5 Å². The van der Waals surface area contributed by atoms with Crippen LogP contribution in [-0.4, -0.2) is 11.8 Å². The van der Waals surface area contributed by atoms with Crippen LogP contribution in [0.3, 0.4) is 0 Å². The maximum Gasteiger partial charge on any atom is 0.255 e. The number of anilines is 2. The van der Waals surface area contributed by atoms with Crippen LogP contribution in [0.5, 0.6) is 0 Å². The molecule has 0 fully saturated rings. The van der Waals surface area contributed by atoms with E-state index in [1.165, 1.54) is 12.1 Å². The summed E-state index contributed by atoms with van der Waals surface area (Å²) in [6, 6.07) is 9.19. The fourth-order valence-corrected chi connectivity index (χ4v) is 2.39. The van der Waals surface area contributed by atoms with Crippen LogP contribution in [0.2, 0.25) is 0 Å². The van der Waals surface area contributed by atoms with Crippen molar-refractivity contribution in [2.45, 2.75) is 26.7 Å². The van der Waals surface area contributed by atoms with Gasteiger partial charge < -0.3 is 10.6 Å². The molecule has 0 saturated heterocycles. The van der Waals surface area contributed by atoms with Gasteiger partial charge in [-0.15, -0.1) is 0 Å². The second-order valence-electron chi connectivity index (χ2n) is 5.66. The number of rotatable bonds is 6. The molecule has 0 radical (unpaired) electrons. The van der Waals surface area contributed by atoms with Crippen molar-refractivity contribution in [2.24, 2.45) is 5.92 Å². The molecule has 0 unspecified atom stereocenters. The first-order chi connectivity index (χ1) is 11.9. The van der Waals surface area contributed by atoms with Crippen molar-refractivity contribution < 1.29 is 18.4 Å². The minimum absolute atomic E-state index is 0.0515. The summed E-state index contributed by atoms with van der Waals surface area (Å²) < 4.78 is 26.5. The van der Waals surface area contributed by atoms with E-state index in [9.17, 15) is 18.4 Å². The molecule has 2 rings (SSSR count). The van der Waals surface area contributed by atoms with Crippen molar-refractivity contribution in [3.63, 3.8) is 0 Å². The third-order valence-corrected chi connectivity index (χ3v) is 3.95. The predicted octanol–water partition coefficient (Wildman–Crippen LogP) is 4.59. The number of benzene rings is 2. The summed E-state index contributed by atoms with van der Waals surface area (Å²) in [7, 11) is 0. The highest BCUT2D eigenvalue weighted by molar-refractivity contribution is 6.04. The van der Waals surface area contributed by atoms with Gasteiger partial charge >= 0.3 is 0 Å². The lowest BCUT2D eigenvalue weighted by molar-refractivity contribution is -0.120. The number of carbonyl (C=O) groups is 2. The number of halogens is 2. The first-order valence-corrected chi connectivity index (χ1v) is 8.11. The highest BCUT2D eigenvalue weighted by Crippen LogP contribution is 2.18. The monoisotopic (exact) mass is 346 g/mol. The Kier molecular flexibility index (Phi) is 6.22. The fraction of sp³-hybridized carbons (Fsp3) is 0.263. The molecule has 2 aromatic rings.